The summed E-state index contributed by atoms with van der Waals surface area (Å²) in [5.41, 5.74) is 7.86. The molecule has 0 unspecified atom stereocenters. The Morgan fingerprint density at radius 1 is 1.24 bits per heavy atom. The summed E-state index contributed by atoms with van der Waals surface area (Å²) in [4.78, 5) is 4.09. The molecule has 90 valence electrons. The van der Waals surface area contributed by atoms with Crippen LogP contribution in [-0.2, 0) is 13.0 Å². The maximum atomic E-state index is 5.50. The van der Waals surface area contributed by atoms with Crippen molar-refractivity contribution in [3.63, 3.8) is 0 Å². The third-order valence-electron chi connectivity index (χ3n) is 2.61. The first-order chi connectivity index (χ1) is 8.19. The summed E-state index contributed by atoms with van der Waals surface area (Å²) in [6.45, 7) is 4.78. The second kappa shape index (κ2) is 5.15. The monoisotopic (exact) mass is 230 g/mol. The van der Waals surface area contributed by atoms with Gasteiger partial charge in [-0.1, -0.05) is 38.1 Å². The lowest BCUT2D eigenvalue weighted by atomic mass is 10.0. The Kier molecular flexibility index (Phi) is 3.59. The highest BCUT2D eigenvalue weighted by atomic mass is 16.4. The maximum Gasteiger partial charge on any atom is 0.208 e. The third kappa shape index (κ3) is 2.94. The molecule has 0 spiro atoms. The Balaban J connectivity index is 2.17. The number of nitrogens with zero attached hydrogens (tertiary/aromatic N) is 1. The highest BCUT2D eigenvalue weighted by Crippen LogP contribution is 2.21. The zero-order chi connectivity index (χ0) is 12.3. The Hall–Kier alpha value is -1.61. The first-order valence-corrected chi connectivity index (χ1v) is 5.93. The highest BCUT2D eigenvalue weighted by Gasteiger charge is 2.05. The van der Waals surface area contributed by atoms with Gasteiger partial charge in [-0.3, -0.25) is 0 Å². The summed E-state index contributed by atoms with van der Waals surface area (Å²) < 4.78 is 5.50. The molecule has 1 aromatic carbocycles. The molecule has 0 bridgehead atoms. The van der Waals surface area contributed by atoms with E-state index >= 15 is 0 Å². The zero-order valence-electron chi connectivity index (χ0n) is 10.3. The molecule has 2 rings (SSSR count). The number of benzene rings is 1. The molecular formula is C14H18N2O. The third-order valence-corrected chi connectivity index (χ3v) is 2.61. The molecule has 0 atom stereocenters. The van der Waals surface area contributed by atoms with Crippen molar-refractivity contribution in [3.05, 3.63) is 41.9 Å². The zero-order valence-corrected chi connectivity index (χ0v) is 10.3. The topological polar surface area (TPSA) is 52.0 Å². The van der Waals surface area contributed by atoms with E-state index < -0.39 is 0 Å². The minimum absolute atomic E-state index is 0.339. The van der Waals surface area contributed by atoms with E-state index in [1.807, 2.05) is 0 Å². The highest BCUT2D eigenvalue weighted by molar-refractivity contribution is 5.56. The van der Waals surface area contributed by atoms with Gasteiger partial charge >= 0.3 is 0 Å². The van der Waals surface area contributed by atoms with Gasteiger partial charge in [0.1, 0.15) is 0 Å². The molecule has 17 heavy (non-hydrogen) atoms. The van der Waals surface area contributed by atoms with Crippen LogP contribution in [0.25, 0.3) is 11.3 Å². The van der Waals surface area contributed by atoms with Crippen molar-refractivity contribution < 1.29 is 4.42 Å². The fraction of sp³-hybridized carbons (Fsp3) is 0.357. The molecule has 1 heterocycles. The van der Waals surface area contributed by atoms with E-state index in [-0.39, 0.29) is 0 Å². The van der Waals surface area contributed by atoms with Crippen LogP contribution in [0.2, 0.25) is 0 Å². The number of aromatic nitrogens is 1. The lowest BCUT2D eigenvalue weighted by Gasteiger charge is -2.05. The summed E-state index contributed by atoms with van der Waals surface area (Å²) in [5, 5.41) is 0. The van der Waals surface area contributed by atoms with Crippen LogP contribution in [0.3, 0.4) is 0 Å². The molecule has 2 N–H and O–H groups in total. The lowest BCUT2D eigenvalue weighted by Crippen LogP contribution is -1.94. The summed E-state index contributed by atoms with van der Waals surface area (Å²) in [6, 6.07) is 8.41. The van der Waals surface area contributed by atoms with E-state index in [0.29, 0.717) is 18.4 Å². The molecule has 0 saturated carbocycles. The van der Waals surface area contributed by atoms with Crippen LogP contribution < -0.4 is 5.73 Å². The lowest BCUT2D eigenvalue weighted by molar-refractivity contribution is 0.509. The maximum absolute atomic E-state index is 5.50. The van der Waals surface area contributed by atoms with E-state index in [4.69, 9.17) is 10.2 Å². The van der Waals surface area contributed by atoms with E-state index in [9.17, 15) is 0 Å². The Labute approximate surface area is 102 Å². The average Bonchev–Trinajstić information content (AvgIpc) is 2.78. The van der Waals surface area contributed by atoms with Gasteiger partial charge in [-0.15, -0.1) is 0 Å². The number of rotatable bonds is 4. The fourth-order valence-electron chi connectivity index (χ4n) is 1.81. The summed E-state index contributed by atoms with van der Waals surface area (Å²) in [7, 11) is 0. The van der Waals surface area contributed by atoms with Gasteiger partial charge in [-0.2, -0.15) is 0 Å². The first kappa shape index (κ1) is 11.9. The van der Waals surface area contributed by atoms with Crippen LogP contribution >= 0.6 is 0 Å². The number of hydrogen-bond acceptors (Lipinski definition) is 3. The summed E-state index contributed by atoms with van der Waals surface area (Å²) >= 11 is 0. The Morgan fingerprint density at radius 2 is 1.94 bits per heavy atom. The molecule has 1 aromatic heterocycles. The van der Waals surface area contributed by atoms with Gasteiger partial charge < -0.3 is 10.2 Å². The quantitative estimate of drug-likeness (QED) is 0.878. The molecule has 0 radical (unpaired) electrons. The van der Waals surface area contributed by atoms with Crippen molar-refractivity contribution in [2.75, 3.05) is 0 Å². The van der Waals surface area contributed by atoms with Crippen LogP contribution in [0.5, 0.6) is 0 Å². The van der Waals surface area contributed by atoms with Crippen LogP contribution in [0.1, 0.15) is 25.3 Å². The number of oxazole rings is 1. The predicted octanol–water partition coefficient (Wildman–Crippen LogP) is 3.00. The standard InChI is InChI=1S/C14H18N2O/c1-10(2)7-11-3-5-12(6-4-11)13-9-16-14(8-15)17-13/h3-6,9-10H,7-8,15H2,1-2H3. The van der Waals surface area contributed by atoms with Gasteiger partial charge in [0.2, 0.25) is 5.89 Å². The minimum atomic E-state index is 0.339. The van der Waals surface area contributed by atoms with Crippen molar-refractivity contribution in [2.24, 2.45) is 11.7 Å². The molecule has 0 aliphatic heterocycles. The smallest absolute Gasteiger partial charge is 0.208 e. The SMILES string of the molecule is CC(C)Cc1ccc(-c2cnc(CN)o2)cc1. The number of nitrogens with two attached hydrogens (primary N) is 1. The molecule has 2 aromatic rings. The summed E-state index contributed by atoms with van der Waals surface area (Å²) in [6.07, 6.45) is 2.82. The van der Waals surface area contributed by atoms with Crippen LogP contribution in [0.15, 0.2) is 34.9 Å². The van der Waals surface area contributed by atoms with Gasteiger partial charge in [0, 0.05) is 5.56 Å². The van der Waals surface area contributed by atoms with E-state index in [2.05, 4.69) is 43.1 Å². The predicted molar refractivity (Wildman–Crippen MR) is 68.4 cm³/mol. The van der Waals surface area contributed by atoms with Crippen molar-refractivity contribution in [2.45, 2.75) is 26.8 Å². The largest absolute Gasteiger partial charge is 0.439 e. The van der Waals surface area contributed by atoms with E-state index in [0.717, 1.165) is 17.7 Å². The van der Waals surface area contributed by atoms with Gasteiger partial charge in [-0.25, -0.2) is 4.98 Å². The Bertz CT molecular complexity index is 471. The molecular weight excluding hydrogens is 212 g/mol. The van der Waals surface area contributed by atoms with Crippen molar-refractivity contribution in [3.8, 4) is 11.3 Å². The second-order valence-electron chi connectivity index (χ2n) is 4.62. The van der Waals surface area contributed by atoms with Crippen LogP contribution in [-0.4, -0.2) is 4.98 Å². The normalized spacial score (nSPS) is 11.1. The molecule has 0 saturated heterocycles. The average molecular weight is 230 g/mol. The van der Waals surface area contributed by atoms with E-state index in [1.54, 1.807) is 6.20 Å². The van der Waals surface area contributed by atoms with Crippen molar-refractivity contribution in [1.82, 2.24) is 4.98 Å². The first-order valence-electron chi connectivity index (χ1n) is 5.93. The van der Waals surface area contributed by atoms with Gasteiger partial charge in [0.15, 0.2) is 5.76 Å². The molecule has 3 nitrogen and oxygen atoms in total. The van der Waals surface area contributed by atoms with Gasteiger partial charge in [-0.05, 0) is 17.9 Å². The van der Waals surface area contributed by atoms with Crippen LogP contribution in [0, 0.1) is 5.92 Å². The molecule has 0 aliphatic rings. The van der Waals surface area contributed by atoms with Crippen molar-refractivity contribution in [1.29, 1.82) is 0 Å². The minimum Gasteiger partial charge on any atom is -0.439 e. The van der Waals surface area contributed by atoms with Crippen molar-refractivity contribution >= 4 is 0 Å². The molecule has 0 fully saturated rings. The van der Waals surface area contributed by atoms with Gasteiger partial charge in [0.05, 0.1) is 12.7 Å². The second-order valence-corrected chi connectivity index (χ2v) is 4.62. The summed E-state index contributed by atoms with van der Waals surface area (Å²) in [5.74, 6) is 2.03. The fourth-order valence-corrected chi connectivity index (χ4v) is 1.81. The molecule has 0 aliphatic carbocycles. The number of hydrogen-bond donors (Lipinski definition) is 1. The van der Waals surface area contributed by atoms with Crippen LogP contribution in [0.4, 0.5) is 0 Å². The van der Waals surface area contributed by atoms with Gasteiger partial charge in [0.25, 0.3) is 0 Å². The molecule has 3 heteroatoms. The molecule has 0 amide bonds. The Morgan fingerprint density at radius 3 is 2.47 bits per heavy atom. The van der Waals surface area contributed by atoms with E-state index in [1.165, 1.54) is 5.56 Å².